The first-order valence-electron chi connectivity index (χ1n) is 7.91. The van der Waals surface area contributed by atoms with Gasteiger partial charge in [-0.25, -0.2) is 0 Å². The molecule has 0 spiro atoms. The summed E-state index contributed by atoms with van der Waals surface area (Å²) in [5.74, 6) is -0.443. The maximum atomic E-state index is 12.8. The largest absolute Gasteiger partial charge is 0.573 e. The maximum Gasteiger partial charge on any atom is 0.573 e. The number of carbonyl (C=O) groups excluding carboxylic acids is 1. The number of ether oxygens (including phenoxy) is 1. The highest BCUT2D eigenvalue weighted by Crippen LogP contribution is 2.24. The number of hydrogen-bond donors (Lipinski definition) is 0. The molecule has 3 aromatic rings. The Morgan fingerprint density at radius 2 is 1.62 bits per heavy atom. The zero-order chi connectivity index (χ0) is 18.7. The first kappa shape index (κ1) is 17.8. The van der Waals surface area contributed by atoms with Gasteiger partial charge < -0.3 is 9.64 Å². The minimum Gasteiger partial charge on any atom is -0.406 e. The topological polar surface area (TPSA) is 29.5 Å². The van der Waals surface area contributed by atoms with Crippen LogP contribution in [-0.2, 0) is 6.54 Å². The predicted octanol–water partition coefficient (Wildman–Crippen LogP) is 5.01. The van der Waals surface area contributed by atoms with Gasteiger partial charge >= 0.3 is 6.36 Å². The normalized spacial score (nSPS) is 11.4. The van der Waals surface area contributed by atoms with Crippen LogP contribution in [-0.4, -0.2) is 24.2 Å². The van der Waals surface area contributed by atoms with E-state index in [0.29, 0.717) is 11.1 Å². The van der Waals surface area contributed by atoms with Crippen LogP contribution >= 0.6 is 0 Å². The van der Waals surface area contributed by atoms with Gasteiger partial charge in [-0.15, -0.1) is 13.2 Å². The molecule has 0 saturated heterocycles. The van der Waals surface area contributed by atoms with E-state index in [1.54, 1.807) is 13.1 Å². The summed E-state index contributed by atoms with van der Waals surface area (Å²) in [6.45, 7) is 0.272. The van der Waals surface area contributed by atoms with Gasteiger partial charge in [0.05, 0.1) is 0 Å². The summed E-state index contributed by atoms with van der Waals surface area (Å²) in [5.41, 5.74) is 1.29. The number of alkyl halides is 3. The molecule has 0 fully saturated rings. The van der Waals surface area contributed by atoms with Crippen LogP contribution in [0.3, 0.4) is 0 Å². The second-order valence-corrected chi connectivity index (χ2v) is 5.88. The molecule has 0 unspecified atom stereocenters. The van der Waals surface area contributed by atoms with Crippen LogP contribution in [0.4, 0.5) is 13.2 Å². The molecule has 26 heavy (non-hydrogen) atoms. The van der Waals surface area contributed by atoms with E-state index in [9.17, 15) is 18.0 Å². The van der Waals surface area contributed by atoms with E-state index >= 15 is 0 Å². The van der Waals surface area contributed by atoms with Gasteiger partial charge in [-0.05, 0) is 34.5 Å². The van der Waals surface area contributed by atoms with Crippen molar-refractivity contribution in [2.24, 2.45) is 0 Å². The Hall–Kier alpha value is -3.02. The standard InChI is InChI=1S/C20H16F3NO2/c1-24(13-14-9-11-16(12-10-14)26-20(21,22)23)19(25)18-8-4-6-15-5-2-3-7-17(15)18/h2-12H,13H2,1H3. The van der Waals surface area contributed by atoms with Crippen LogP contribution in [0.15, 0.2) is 66.7 Å². The molecular formula is C20H16F3NO2. The Balaban J connectivity index is 1.75. The molecule has 6 heteroatoms. The molecule has 0 atom stereocenters. The van der Waals surface area contributed by atoms with Crippen molar-refractivity contribution in [2.75, 3.05) is 7.05 Å². The van der Waals surface area contributed by atoms with Crippen molar-refractivity contribution in [3.63, 3.8) is 0 Å². The Bertz CT molecular complexity index is 915. The van der Waals surface area contributed by atoms with Crippen LogP contribution in [0.2, 0.25) is 0 Å². The number of benzene rings is 3. The van der Waals surface area contributed by atoms with Gasteiger partial charge in [0.15, 0.2) is 0 Å². The number of fused-ring (bicyclic) bond motifs is 1. The van der Waals surface area contributed by atoms with Crippen molar-refractivity contribution in [1.82, 2.24) is 4.90 Å². The fourth-order valence-corrected chi connectivity index (χ4v) is 2.76. The summed E-state index contributed by atoms with van der Waals surface area (Å²) in [6.07, 6.45) is -4.72. The van der Waals surface area contributed by atoms with E-state index in [0.717, 1.165) is 10.8 Å². The summed E-state index contributed by atoms with van der Waals surface area (Å²) >= 11 is 0. The number of nitrogens with zero attached hydrogens (tertiary/aromatic N) is 1. The number of amides is 1. The van der Waals surface area contributed by atoms with Gasteiger partial charge in [0.2, 0.25) is 0 Å². The Labute approximate surface area is 148 Å². The molecule has 134 valence electrons. The SMILES string of the molecule is CN(Cc1ccc(OC(F)(F)F)cc1)C(=O)c1cccc2ccccc12. The third kappa shape index (κ3) is 4.14. The molecule has 0 aliphatic rings. The first-order chi connectivity index (χ1) is 12.3. The van der Waals surface area contributed by atoms with E-state index in [1.165, 1.54) is 29.2 Å². The number of hydrogen-bond acceptors (Lipinski definition) is 2. The molecule has 0 radical (unpaired) electrons. The summed E-state index contributed by atoms with van der Waals surface area (Å²) < 4.78 is 40.4. The molecule has 0 N–H and O–H groups in total. The molecule has 0 aromatic heterocycles. The molecule has 0 aliphatic heterocycles. The summed E-state index contributed by atoms with van der Waals surface area (Å²) in [4.78, 5) is 14.3. The number of carbonyl (C=O) groups is 1. The van der Waals surface area contributed by atoms with Crippen molar-refractivity contribution in [2.45, 2.75) is 12.9 Å². The lowest BCUT2D eigenvalue weighted by Gasteiger charge is -2.19. The fourth-order valence-electron chi connectivity index (χ4n) is 2.76. The summed E-state index contributed by atoms with van der Waals surface area (Å²) in [6, 6.07) is 18.6. The number of halogens is 3. The lowest BCUT2D eigenvalue weighted by Crippen LogP contribution is -2.26. The average Bonchev–Trinajstić information content (AvgIpc) is 2.61. The predicted molar refractivity (Wildman–Crippen MR) is 92.9 cm³/mol. The van der Waals surface area contributed by atoms with E-state index in [1.807, 2.05) is 36.4 Å². The highest BCUT2D eigenvalue weighted by Gasteiger charge is 2.31. The zero-order valence-corrected chi connectivity index (χ0v) is 14.0. The molecule has 0 bridgehead atoms. The van der Waals surface area contributed by atoms with Gasteiger partial charge in [0.1, 0.15) is 5.75 Å². The smallest absolute Gasteiger partial charge is 0.406 e. The van der Waals surface area contributed by atoms with Crippen molar-refractivity contribution >= 4 is 16.7 Å². The van der Waals surface area contributed by atoms with Gasteiger partial charge in [0, 0.05) is 19.2 Å². The molecule has 3 nitrogen and oxygen atoms in total. The van der Waals surface area contributed by atoms with E-state index in [-0.39, 0.29) is 18.2 Å². The van der Waals surface area contributed by atoms with Gasteiger partial charge in [-0.2, -0.15) is 0 Å². The van der Waals surface area contributed by atoms with Crippen molar-refractivity contribution in [1.29, 1.82) is 0 Å². The summed E-state index contributed by atoms with van der Waals surface area (Å²) in [5, 5.41) is 1.83. The second-order valence-electron chi connectivity index (χ2n) is 5.88. The zero-order valence-electron chi connectivity index (χ0n) is 14.0. The Morgan fingerprint density at radius 1 is 0.962 bits per heavy atom. The van der Waals surface area contributed by atoms with Gasteiger partial charge in [-0.1, -0.05) is 48.5 Å². The van der Waals surface area contributed by atoms with Gasteiger partial charge in [-0.3, -0.25) is 4.79 Å². The van der Waals surface area contributed by atoms with Crippen LogP contribution in [0.1, 0.15) is 15.9 Å². The van der Waals surface area contributed by atoms with E-state index in [2.05, 4.69) is 4.74 Å². The van der Waals surface area contributed by atoms with Crippen LogP contribution < -0.4 is 4.74 Å². The Morgan fingerprint density at radius 3 is 2.31 bits per heavy atom. The first-order valence-corrected chi connectivity index (χ1v) is 7.91. The highest BCUT2D eigenvalue weighted by molar-refractivity contribution is 6.06. The van der Waals surface area contributed by atoms with E-state index in [4.69, 9.17) is 0 Å². The van der Waals surface area contributed by atoms with Crippen LogP contribution in [0.5, 0.6) is 5.75 Å². The minimum atomic E-state index is -4.72. The molecule has 1 amide bonds. The molecule has 0 saturated carbocycles. The minimum absolute atomic E-state index is 0.155. The second kappa shape index (κ2) is 7.07. The molecule has 0 aliphatic carbocycles. The lowest BCUT2D eigenvalue weighted by molar-refractivity contribution is -0.274. The van der Waals surface area contributed by atoms with Gasteiger partial charge in [0.25, 0.3) is 5.91 Å². The number of rotatable bonds is 4. The average molecular weight is 359 g/mol. The Kier molecular flexibility index (Phi) is 4.84. The highest BCUT2D eigenvalue weighted by atomic mass is 19.4. The summed E-state index contributed by atoms with van der Waals surface area (Å²) in [7, 11) is 1.66. The van der Waals surface area contributed by atoms with Crippen molar-refractivity contribution in [3.8, 4) is 5.75 Å². The molecule has 3 aromatic carbocycles. The monoisotopic (exact) mass is 359 g/mol. The van der Waals surface area contributed by atoms with Crippen molar-refractivity contribution in [3.05, 3.63) is 77.9 Å². The molecule has 0 heterocycles. The quantitative estimate of drug-likeness (QED) is 0.655. The lowest BCUT2D eigenvalue weighted by atomic mass is 10.0. The fraction of sp³-hybridized carbons (Fsp3) is 0.150. The molecule has 3 rings (SSSR count). The third-order valence-electron chi connectivity index (χ3n) is 3.94. The van der Waals surface area contributed by atoms with Crippen LogP contribution in [0.25, 0.3) is 10.8 Å². The van der Waals surface area contributed by atoms with E-state index < -0.39 is 6.36 Å². The van der Waals surface area contributed by atoms with Crippen LogP contribution in [0, 0.1) is 0 Å². The third-order valence-corrected chi connectivity index (χ3v) is 3.94. The molecular weight excluding hydrogens is 343 g/mol. The maximum absolute atomic E-state index is 12.8. The van der Waals surface area contributed by atoms with Crippen molar-refractivity contribution < 1.29 is 22.7 Å².